The minimum Gasteiger partial charge on any atom is -0.348 e. The van der Waals surface area contributed by atoms with Crippen molar-refractivity contribution in [3.05, 3.63) is 82.9 Å². The summed E-state index contributed by atoms with van der Waals surface area (Å²) in [6, 6.07) is 16.8. The van der Waals surface area contributed by atoms with E-state index in [1.54, 1.807) is 6.33 Å². The van der Waals surface area contributed by atoms with E-state index < -0.39 is 0 Å². The SMILES string of the molecule is CC.CC.O=C1CN2CCc3[nH]cnc3C2c2cccc(c2)Cc2cccc(c2)N1. The molecule has 5 heteroatoms. The lowest BCUT2D eigenvalue weighted by Crippen LogP contribution is -2.41. The molecule has 3 aromatic rings. The number of aromatic nitrogens is 2. The highest BCUT2D eigenvalue weighted by Gasteiger charge is 2.32. The molecule has 1 aromatic heterocycles. The van der Waals surface area contributed by atoms with E-state index in [-0.39, 0.29) is 11.9 Å². The highest BCUT2D eigenvalue weighted by atomic mass is 16.2. The van der Waals surface area contributed by atoms with E-state index in [1.165, 1.54) is 22.4 Å². The van der Waals surface area contributed by atoms with E-state index in [0.29, 0.717) is 6.54 Å². The Labute approximate surface area is 179 Å². The maximum Gasteiger partial charge on any atom is 0.238 e. The molecule has 2 aliphatic rings. The summed E-state index contributed by atoms with van der Waals surface area (Å²) >= 11 is 0. The van der Waals surface area contributed by atoms with Crippen molar-refractivity contribution in [1.82, 2.24) is 14.9 Å². The highest BCUT2D eigenvalue weighted by molar-refractivity contribution is 5.92. The topological polar surface area (TPSA) is 61.0 Å². The molecule has 158 valence electrons. The number of rotatable bonds is 0. The maximum atomic E-state index is 12.7. The summed E-state index contributed by atoms with van der Waals surface area (Å²) < 4.78 is 0. The molecule has 0 radical (unpaired) electrons. The molecule has 1 amide bonds. The van der Waals surface area contributed by atoms with Gasteiger partial charge in [0.25, 0.3) is 0 Å². The predicted octanol–water partition coefficient (Wildman–Crippen LogP) is 4.95. The first-order valence-corrected chi connectivity index (χ1v) is 11.0. The van der Waals surface area contributed by atoms with Gasteiger partial charge in [0.2, 0.25) is 5.91 Å². The van der Waals surface area contributed by atoms with Gasteiger partial charge in [-0.25, -0.2) is 4.98 Å². The molecule has 5 nitrogen and oxygen atoms in total. The first-order chi connectivity index (χ1) is 14.8. The van der Waals surface area contributed by atoms with Gasteiger partial charge in [0.05, 0.1) is 24.6 Å². The van der Waals surface area contributed by atoms with Crippen LogP contribution >= 0.6 is 0 Å². The molecule has 4 bridgehead atoms. The Hall–Kier alpha value is -2.92. The lowest BCUT2D eigenvalue weighted by Gasteiger charge is -2.35. The summed E-state index contributed by atoms with van der Waals surface area (Å²) in [5.41, 5.74) is 6.74. The zero-order chi connectivity index (χ0) is 21.5. The van der Waals surface area contributed by atoms with Crippen LogP contribution in [0.25, 0.3) is 0 Å². The van der Waals surface area contributed by atoms with Gasteiger partial charge in [-0.3, -0.25) is 9.69 Å². The molecule has 30 heavy (non-hydrogen) atoms. The number of nitrogens with one attached hydrogen (secondary N) is 2. The fraction of sp³-hybridized carbons (Fsp3) is 0.360. The van der Waals surface area contributed by atoms with Crippen molar-refractivity contribution in [2.75, 3.05) is 18.4 Å². The van der Waals surface area contributed by atoms with E-state index in [9.17, 15) is 4.79 Å². The maximum absolute atomic E-state index is 12.7. The number of fused-ring (bicyclic) bond motifs is 8. The van der Waals surface area contributed by atoms with Crippen molar-refractivity contribution >= 4 is 11.6 Å². The largest absolute Gasteiger partial charge is 0.348 e. The van der Waals surface area contributed by atoms with Crippen LogP contribution in [0.5, 0.6) is 0 Å². The van der Waals surface area contributed by atoms with E-state index in [0.717, 1.165) is 30.8 Å². The molecular formula is C25H32N4O. The smallest absolute Gasteiger partial charge is 0.238 e. The average molecular weight is 405 g/mol. The van der Waals surface area contributed by atoms with E-state index in [1.807, 2.05) is 39.8 Å². The molecule has 2 aliphatic heterocycles. The third kappa shape index (κ3) is 4.62. The third-order valence-corrected chi connectivity index (χ3v) is 5.26. The molecule has 1 atom stereocenters. The second kappa shape index (κ2) is 10.2. The van der Waals surface area contributed by atoms with Crippen molar-refractivity contribution in [2.24, 2.45) is 0 Å². The van der Waals surface area contributed by atoms with E-state index in [2.05, 4.69) is 56.6 Å². The molecule has 0 saturated heterocycles. The summed E-state index contributed by atoms with van der Waals surface area (Å²) in [6.45, 7) is 9.18. The Morgan fingerprint density at radius 1 is 1.00 bits per heavy atom. The molecular weight excluding hydrogens is 372 g/mol. The Morgan fingerprint density at radius 3 is 2.53 bits per heavy atom. The number of imidazole rings is 1. The van der Waals surface area contributed by atoms with Gasteiger partial charge in [0.15, 0.2) is 0 Å². The van der Waals surface area contributed by atoms with Crippen LogP contribution in [0.4, 0.5) is 5.69 Å². The molecule has 0 aliphatic carbocycles. The van der Waals surface area contributed by atoms with Crippen LogP contribution in [0.2, 0.25) is 0 Å². The molecule has 3 heterocycles. The Morgan fingerprint density at radius 2 is 1.73 bits per heavy atom. The Kier molecular flexibility index (Phi) is 7.41. The van der Waals surface area contributed by atoms with Crippen LogP contribution in [0.3, 0.4) is 0 Å². The van der Waals surface area contributed by atoms with Crippen LogP contribution < -0.4 is 5.32 Å². The summed E-state index contributed by atoms with van der Waals surface area (Å²) in [5, 5.41) is 3.05. The van der Waals surface area contributed by atoms with Gasteiger partial charge in [-0.05, 0) is 35.2 Å². The number of carbonyl (C=O) groups excluding carboxylic acids is 1. The lowest BCUT2D eigenvalue weighted by atomic mass is 9.93. The first kappa shape index (κ1) is 21.8. The van der Waals surface area contributed by atoms with Crippen LogP contribution in [-0.2, 0) is 17.6 Å². The summed E-state index contributed by atoms with van der Waals surface area (Å²) in [5.74, 6) is 0.0165. The number of hydrogen-bond donors (Lipinski definition) is 2. The monoisotopic (exact) mass is 404 g/mol. The van der Waals surface area contributed by atoms with Crippen LogP contribution in [-0.4, -0.2) is 33.9 Å². The number of benzene rings is 2. The second-order valence-electron chi connectivity index (χ2n) is 7.06. The van der Waals surface area contributed by atoms with Gasteiger partial charge in [0, 0.05) is 24.3 Å². The molecule has 0 spiro atoms. The number of hydrogen-bond acceptors (Lipinski definition) is 3. The van der Waals surface area contributed by atoms with Gasteiger partial charge in [-0.2, -0.15) is 0 Å². The zero-order valence-electron chi connectivity index (χ0n) is 18.4. The number of amides is 1. The molecule has 2 aromatic carbocycles. The number of H-pyrrole nitrogens is 1. The fourth-order valence-electron chi connectivity index (χ4n) is 4.12. The van der Waals surface area contributed by atoms with Crippen molar-refractivity contribution in [1.29, 1.82) is 0 Å². The van der Waals surface area contributed by atoms with E-state index >= 15 is 0 Å². The Bertz CT molecular complexity index is 979. The van der Waals surface area contributed by atoms with Gasteiger partial charge in [0.1, 0.15) is 0 Å². The van der Waals surface area contributed by atoms with Gasteiger partial charge in [-0.1, -0.05) is 64.1 Å². The number of aromatic amines is 1. The van der Waals surface area contributed by atoms with E-state index in [4.69, 9.17) is 0 Å². The van der Waals surface area contributed by atoms with Crippen LogP contribution in [0.1, 0.15) is 61.8 Å². The van der Waals surface area contributed by atoms with Gasteiger partial charge < -0.3 is 10.3 Å². The highest BCUT2D eigenvalue weighted by Crippen LogP contribution is 2.34. The standard InChI is InChI=1S/C21H20N4O.2C2H6/c26-19-12-25-8-7-18-20(23-13-22-18)21(25)16-5-1-3-14(10-16)9-15-4-2-6-17(11-15)24-19;2*1-2/h1-6,10-11,13,21H,7-9,12H2,(H,22,23)(H,24,26);2*1-2H3. The second-order valence-corrected chi connectivity index (χ2v) is 7.06. The van der Waals surface area contributed by atoms with Crippen molar-refractivity contribution in [2.45, 2.75) is 46.6 Å². The van der Waals surface area contributed by atoms with Crippen LogP contribution in [0, 0.1) is 0 Å². The average Bonchev–Trinajstić information content (AvgIpc) is 3.25. The first-order valence-electron chi connectivity index (χ1n) is 11.0. The molecule has 2 N–H and O–H groups in total. The lowest BCUT2D eigenvalue weighted by molar-refractivity contribution is -0.117. The number of anilines is 1. The summed E-state index contributed by atoms with van der Waals surface area (Å²) in [4.78, 5) is 22.7. The third-order valence-electron chi connectivity index (χ3n) is 5.26. The Balaban J connectivity index is 0.000000606. The number of nitrogens with zero attached hydrogens (tertiary/aromatic N) is 2. The molecule has 0 saturated carbocycles. The van der Waals surface area contributed by atoms with Crippen molar-refractivity contribution in [3.63, 3.8) is 0 Å². The summed E-state index contributed by atoms with van der Waals surface area (Å²) in [7, 11) is 0. The minimum absolute atomic E-state index is 0.00784. The van der Waals surface area contributed by atoms with Gasteiger partial charge >= 0.3 is 0 Å². The molecule has 1 unspecified atom stereocenters. The fourth-order valence-corrected chi connectivity index (χ4v) is 4.12. The minimum atomic E-state index is 0.00784. The van der Waals surface area contributed by atoms with Gasteiger partial charge in [-0.15, -0.1) is 0 Å². The zero-order valence-corrected chi connectivity index (χ0v) is 18.4. The predicted molar refractivity (Wildman–Crippen MR) is 123 cm³/mol. The number of carbonyl (C=O) groups is 1. The van der Waals surface area contributed by atoms with Crippen molar-refractivity contribution in [3.8, 4) is 0 Å². The quantitative estimate of drug-likeness (QED) is 0.557. The normalized spacial score (nSPS) is 17.3. The molecule has 5 rings (SSSR count). The van der Waals surface area contributed by atoms with Crippen molar-refractivity contribution < 1.29 is 4.79 Å². The van der Waals surface area contributed by atoms with Crippen LogP contribution in [0.15, 0.2) is 54.9 Å². The summed E-state index contributed by atoms with van der Waals surface area (Å²) in [6.07, 6.45) is 3.49. The molecule has 0 fully saturated rings.